The second kappa shape index (κ2) is 9.74. The maximum Gasteiger partial charge on any atom is 0.304 e. The fourth-order valence-electron chi connectivity index (χ4n) is 3.24. The second-order valence-electron chi connectivity index (χ2n) is 7.24. The molecule has 0 bridgehead atoms. The minimum Gasteiger partial charge on any atom is -0.468 e. The normalized spacial score (nSPS) is 13.3. The number of esters is 1. The molecule has 32 heavy (non-hydrogen) atoms. The zero-order chi connectivity index (χ0) is 23.4. The first kappa shape index (κ1) is 23.8. The highest BCUT2D eigenvalue weighted by Gasteiger charge is 2.40. The first-order valence-electron chi connectivity index (χ1n) is 9.69. The molecule has 0 fully saturated rings. The van der Waals surface area contributed by atoms with E-state index in [1.807, 2.05) is 6.92 Å². The largest absolute Gasteiger partial charge is 0.468 e. The summed E-state index contributed by atoms with van der Waals surface area (Å²) in [5, 5.41) is 0. The number of sulfonamides is 1. The number of nitrogens with zero attached hydrogens (tertiary/aromatic N) is 1. The molecule has 1 atom stereocenters. The predicted octanol–water partition coefficient (Wildman–Crippen LogP) is 4.63. The Morgan fingerprint density at radius 3 is 2.47 bits per heavy atom. The van der Waals surface area contributed by atoms with Crippen LogP contribution in [-0.4, -0.2) is 25.2 Å². The molecule has 1 heterocycles. The number of benzene rings is 2. The molecule has 166 valence electrons. The van der Waals surface area contributed by atoms with Gasteiger partial charge < -0.3 is 9.15 Å². The Morgan fingerprint density at radius 2 is 1.91 bits per heavy atom. The van der Waals surface area contributed by atoms with Crippen molar-refractivity contribution in [1.29, 1.82) is 0 Å². The summed E-state index contributed by atoms with van der Waals surface area (Å²) in [5.74, 6) is 2.32. The highest BCUT2D eigenvalue weighted by molar-refractivity contribution is 9.10. The quantitative estimate of drug-likeness (QED) is 0.322. The lowest BCUT2D eigenvalue weighted by Crippen LogP contribution is -2.45. The third-order valence-corrected chi connectivity index (χ3v) is 7.11. The van der Waals surface area contributed by atoms with Crippen molar-refractivity contribution >= 4 is 31.9 Å². The van der Waals surface area contributed by atoms with Gasteiger partial charge >= 0.3 is 5.97 Å². The number of aryl methyl sites for hydroxylation is 1. The van der Waals surface area contributed by atoms with Gasteiger partial charge in [0.15, 0.2) is 0 Å². The van der Waals surface area contributed by atoms with Crippen LogP contribution in [-0.2, 0) is 31.7 Å². The van der Waals surface area contributed by atoms with E-state index in [1.54, 1.807) is 48.5 Å². The van der Waals surface area contributed by atoms with Crippen LogP contribution in [0.3, 0.4) is 0 Å². The number of terminal acetylenes is 1. The number of carbonyl (C=O) groups is 1. The summed E-state index contributed by atoms with van der Waals surface area (Å²) >= 11 is 3.39. The molecule has 0 saturated carbocycles. The molecule has 0 aliphatic carbocycles. The van der Waals surface area contributed by atoms with E-state index in [9.17, 15) is 13.2 Å². The van der Waals surface area contributed by atoms with E-state index >= 15 is 0 Å². The second-order valence-corrected chi connectivity index (χ2v) is 10.1. The van der Waals surface area contributed by atoms with E-state index in [0.29, 0.717) is 15.8 Å². The van der Waals surface area contributed by atoms with Crippen LogP contribution in [0.5, 0.6) is 0 Å². The van der Waals surface area contributed by atoms with Crippen molar-refractivity contribution < 1.29 is 22.4 Å². The maximum atomic E-state index is 13.6. The van der Waals surface area contributed by atoms with Crippen LogP contribution in [0, 0.1) is 19.3 Å². The maximum absolute atomic E-state index is 13.6. The lowest BCUT2D eigenvalue weighted by atomic mass is 9.94. The first-order valence-corrected chi connectivity index (χ1v) is 11.9. The van der Waals surface area contributed by atoms with Crippen molar-refractivity contribution in [3.8, 4) is 12.3 Å². The molecule has 1 aromatic heterocycles. The molecule has 0 radical (unpaired) electrons. The Labute approximate surface area is 196 Å². The summed E-state index contributed by atoms with van der Waals surface area (Å²) in [5.41, 5.74) is -0.262. The van der Waals surface area contributed by atoms with Crippen LogP contribution in [0.1, 0.15) is 23.8 Å². The summed E-state index contributed by atoms with van der Waals surface area (Å²) in [7, 11) is -4.02. The van der Waals surface area contributed by atoms with Crippen LogP contribution < -0.4 is 0 Å². The van der Waals surface area contributed by atoms with Crippen molar-refractivity contribution in [2.75, 3.05) is 6.54 Å². The molecule has 0 aliphatic heterocycles. The molecule has 6 nitrogen and oxygen atoms in total. The summed E-state index contributed by atoms with van der Waals surface area (Å²) in [6, 6.07) is 16.7. The van der Waals surface area contributed by atoms with Crippen molar-refractivity contribution in [2.24, 2.45) is 0 Å². The molecule has 0 amide bonds. The molecule has 0 aliphatic rings. The number of halogens is 1. The highest BCUT2D eigenvalue weighted by Crippen LogP contribution is 2.32. The van der Waals surface area contributed by atoms with Crippen LogP contribution in [0.2, 0.25) is 0 Å². The monoisotopic (exact) mass is 515 g/mol. The SMILES string of the molecule is C#CC(CN(Cc1ccco1)S(=O)(=O)c1ccc(C)cc1)(OC(C)=O)c1cccc(Br)c1. The van der Waals surface area contributed by atoms with Gasteiger partial charge in [-0.3, -0.25) is 4.79 Å². The fraction of sp³-hybridized carbons (Fsp3) is 0.208. The number of hydrogen-bond acceptors (Lipinski definition) is 5. The van der Waals surface area contributed by atoms with Gasteiger partial charge in [0, 0.05) is 17.0 Å². The Hall–Kier alpha value is -2.86. The number of rotatable bonds is 8. The minimum atomic E-state index is -4.02. The van der Waals surface area contributed by atoms with Crippen molar-refractivity contribution in [3.63, 3.8) is 0 Å². The smallest absolute Gasteiger partial charge is 0.304 e. The van der Waals surface area contributed by atoms with Crippen LogP contribution in [0.15, 0.2) is 80.7 Å². The van der Waals surface area contributed by atoms with Gasteiger partial charge in [0.2, 0.25) is 15.6 Å². The van der Waals surface area contributed by atoms with E-state index in [2.05, 4.69) is 21.9 Å². The van der Waals surface area contributed by atoms with Crippen molar-refractivity contribution in [1.82, 2.24) is 4.31 Å². The highest BCUT2D eigenvalue weighted by atomic mass is 79.9. The molecule has 3 aromatic rings. The number of carbonyl (C=O) groups excluding carboxylic acids is 1. The zero-order valence-corrected chi connectivity index (χ0v) is 20.0. The summed E-state index contributed by atoms with van der Waals surface area (Å²) in [4.78, 5) is 12.1. The minimum absolute atomic E-state index is 0.0950. The van der Waals surface area contributed by atoms with E-state index in [4.69, 9.17) is 15.6 Å². The van der Waals surface area contributed by atoms with Crippen LogP contribution in [0.25, 0.3) is 0 Å². The van der Waals surface area contributed by atoms with Crippen LogP contribution >= 0.6 is 15.9 Å². The average Bonchev–Trinajstić information content (AvgIpc) is 3.26. The summed E-state index contributed by atoms with van der Waals surface area (Å²) in [6.45, 7) is 2.70. The fourth-order valence-corrected chi connectivity index (χ4v) is 5.06. The predicted molar refractivity (Wildman–Crippen MR) is 124 cm³/mol. The Bertz CT molecular complexity index is 1230. The molecule has 0 N–H and O–H groups in total. The topological polar surface area (TPSA) is 76.8 Å². The molecule has 3 rings (SSSR count). The third kappa shape index (κ3) is 5.30. The Kier molecular flexibility index (Phi) is 7.24. The lowest BCUT2D eigenvalue weighted by molar-refractivity contribution is -0.153. The van der Waals surface area contributed by atoms with E-state index in [1.165, 1.54) is 29.6 Å². The van der Waals surface area contributed by atoms with Gasteiger partial charge in [-0.25, -0.2) is 8.42 Å². The summed E-state index contributed by atoms with van der Waals surface area (Å²) < 4.78 is 40.1. The van der Waals surface area contributed by atoms with Gasteiger partial charge in [-0.15, -0.1) is 6.42 Å². The van der Waals surface area contributed by atoms with E-state index in [-0.39, 0.29) is 18.0 Å². The lowest BCUT2D eigenvalue weighted by Gasteiger charge is -2.33. The van der Waals surface area contributed by atoms with Gasteiger partial charge in [-0.2, -0.15) is 4.31 Å². The molecular formula is C24H22BrNO5S. The van der Waals surface area contributed by atoms with Gasteiger partial charge in [0.1, 0.15) is 5.76 Å². The molecule has 0 spiro atoms. The van der Waals surface area contributed by atoms with Gasteiger partial charge in [0.25, 0.3) is 0 Å². The number of hydrogen-bond donors (Lipinski definition) is 0. The van der Waals surface area contributed by atoms with Gasteiger partial charge in [-0.05, 0) is 43.3 Å². The van der Waals surface area contributed by atoms with Crippen molar-refractivity contribution in [2.45, 2.75) is 30.9 Å². The van der Waals surface area contributed by atoms with E-state index < -0.39 is 21.6 Å². The van der Waals surface area contributed by atoms with E-state index in [0.717, 1.165) is 5.56 Å². The third-order valence-electron chi connectivity index (χ3n) is 4.81. The molecule has 1 unspecified atom stereocenters. The first-order chi connectivity index (χ1) is 15.2. The average molecular weight is 516 g/mol. The molecule has 2 aromatic carbocycles. The van der Waals surface area contributed by atoms with Crippen molar-refractivity contribution in [3.05, 3.63) is 88.3 Å². The van der Waals surface area contributed by atoms with Gasteiger partial charge in [-0.1, -0.05) is 51.7 Å². The molecule has 8 heteroatoms. The number of ether oxygens (including phenoxy) is 1. The Balaban J connectivity index is 2.12. The van der Waals surface area contributed by atoms with Gasteiger partial charge in [0.05, 0.1) is 24.2 Å². The Morgan fingerprint density at radius 1 is 1.19 bits per heavy atom. The summed E-state index contributed by atoms with van der Waals surface area (Å²) in [6.07, 6.45) is 7.33. The number of furan rings is 1. The molecule has 0 saturated heterocycles. The van der Waals surface area contributed by atoms with Crippen LogP contribution in [0.4, 0.5) is 0 Å². The standard InChI is InChI=1S/C24H22BrNO5S/c1-4-24(31-19(3)27,20-7-5-8-21(25)15-20)17-26(16-22-9-6-14-30-22)32(28,29)23-12-10-18(2)11-13-23/h1,5-15H,16-17H2,2-3H3. The zero-order valence-electron chi connectivity index (χ0n) is 17.6. The molecular weight excluding hydrogens is 494 g/mol.